The maximum atomic E-state index is 13.7. The van der Waals surface area contributed by atoms with Gasteiger partial charge in [0.25, 0.3) is 0 Å². The van der Waals surface area contributed by atoms with Crippen LogP contribution in [-0.2, 0) is 0 Å². The van der Waals surface area contributed by atoms with Crippen molar-refractivity contribution in [3.05, 3.63) is 46.7 Å². The molecule has 0 aliphatic carbocycles. The Morgan fingerprint density at radius 2 is 2.27 bits per heavy atom. The number of fused-ring (bicyclic) bond motifs is 1. The van der Waals surface area contributed by atoms with E-state index in [1.54, 1.807) is 6.07 Å². The van der Waals surface area contributed by atoms with Gasteiger partial charge in [-0.1, -0.05) is 0 Å². The first-order chi connectivity index (χ1) is 10.7. The van der Waals surface area contributed by atoms with Crippen LogP contribution in [0.25, 0.3) is 10.9 Å². The predicted molar refractivity (Wildman–Crippen MR) is 83.8 cm³/mol. The summed E-state index contributed by atoms with van der Waals surface area (Å²) in [5.41, 5.74) is 1.32. The van der Waals surface area contributed by atoms with E-state index in [0.717, 1.165) is 5.56 Å². The van der Waals surface area contributed by atoms with E-state index in [4.69, 9.17) is 4.74 Å². The highest BCUT2D eigenvalue weighted by molar-refractivity contribution is 7.07. The Bertz CT molecular complexity index is 780. The van der Waals surface area contributed by atoms with Crippen LogP contribution in [0, 0.1) is 5.82 Å². The molecule has 0 bridgehead atoms. The minimum atomic E-state index is -0.640. The van der Waals surface area contributed by atoms with Crippen molar-refractivity contribution >= 4 is 28.1 Å². The Labute approximate surface area is 130 Å². The largest absolute Gasteiger partial charge is 0.494 e. The average molecular weight is 319 g/mol. The second-order valence-electron chi connectivity index (χ2n) is 4.68. The minimum Gasteiger partial charge on any atom is -0.494 e. The van der Waals surface area contributed by atoms with Gasteiger partial charge >= 0.3 is 0 Å². The number of nitrogens with one attached hydrogen (secondary N) is 1. The summed E-state index contributed by atoms with van der Waals surface area (Å²) in [5.74, 6) is 0.180. The fourth-order valence-electron chi connectivity index (χ4n) is 2.13. The molecule has 0 aliphatic heterocycles. The van der Waals surface area contributed by atoms with E-state index < -0.39 is 11.9 Å². The third kappa shape index (κ3) is 2.86. The van der Waals surface area contributed by atoms with Gasteiger partial charge in [-0.2, -0.15) is 11.3 Å². The SMILES string of the molecule is COc1cc2c(NCC(O)c3ccsc3)ncnc2cc1F. The number of aromatic nitrogens is 2. The number of hydrogen-bond acceptors (Lipinski definition) is 6. The lowest BCUT2D eigenvalue weighted by atomic mass is 10.2. The number of halogens is 1. The zero-order valence-corrected chi connectivity index (χ0v) is 12.6. The van der Waals surface area contributed by atoms with Crippen LogP contribution in [0.5, 0.6) is 5.75 Å². The second-order valence-corrected chi connectivity index (χ2v) is 5.46. The normalized spacial score (nSPS) is 12.3. The molecule has 0 saturated carbocycles. The summed E-state index contributed by atoms with van der Waals surface area (Å²) in [7, 11) is 1.40. The van der Waals surface area contributed by atoms with Crippen LogP contribution in [0.4, 0.5) is 10.2 Å². The Morgan fingerprint density at radius 3 is 3.00 bits per heavy atom. The summed E-state index contributed by atoms with van der Waals surface area (Å²) >= 11 is 1.53. The molecule has 7 heteroatoms. The topological polar surface area (TPSA) is 67.3 Å². The molecule has 2 aromatic heterocycles. The van der Waals surface area contributed by atoms with Crippen LogP contribution < -0.4 is 10.1 Å². The minimum absolute atomic E-state index is 0.128. The third-order valence-electron chi connectivity index (χ3n) is 3.30. The van der Waals surface area contributed by atoms with Crippen molar-refractivity contribution in [1.82, 2.24) is 9.97 Å². The number of hydrogen-bond donors (Lipinski definition) is 2. The van der Waals surface area contributed by atoms with Gasteiger partial charge in [0.1, 0.15) is 12.1 Å². The van der Waals surface area contributed by atoms with Crippen LogP contribution in [0.15, 0.2) is 35.3 Å². The van der Waals surface area contributed by atoms with E-state index in [1.165, 1.54) is 30.8 Å². The summed E-state index contributed by atoms with van der Waals surface area (Å²) < 4.78 is 18.7. The van der Waals surface area contributed by atoms with Crippen LogP contribution in [0.2, 0.25) is 0 Å². The number of rotatable bonds is 5. The van der Waals surface area contributed by atoms with E-state index in [2.05, 4.69) is 15.3 Å². The smallest absolute Gasteiger partial charge is 0.167 e. The molecule has 0 spiro atoms. The van der Waals surface area contributed by atoms with Gasteiger partial charge in [-0.25, -0.2) is 14.4 Å². The molecule has 0 fully saturated rings. The van der Waals surface area contributed by atoms with E-state index in [0.29, 0.717) is 23.3 Å². The molecule has 1 aromatic carbocycles. The third-order valence-corrected chi connectivity index (χ3v) is 4.00. The summed E-state index contributed by atoms with van der Waals surface area (Å²) in [5, 5.41) is 17.6. The second kappa shape index (κ2) is 6.25. The molecule has 0 aliphatic rings. The predicted octanol–water partition coefficient (Wildman–Crippen LogP) is 2.98. The molecule has 3 aromatic rings. The Morgan fingerprint density at radius 1 is 1.41 bits per heavy atom. The fourth-order valence-corrected chi connectivity index (χ4v) is 2.84. The first kappa shape index (κ1) is 14.7. The van der Waals surface area contributed by atoms with Crippen molar-refractivity contribution in [3.8, 4) is 5.75 Å². The lowest BCUT2D eigenvalue weighted by Gasteiger charge is -2.13. The van der Waals surface area contributed by atoms with Crippen molar-refractivity contribution in [2.24, 2.45) is 0 Å². The number of methoxy groups -OCH3 is 1. The molecule has 114 valence electrons. The van der Waals surface area contributed by atoms with E-state index in [-0.39, 0.29) is 5.75 Å². The molecule has 0 radical (unpaired) electrons. The Balaban J connectivity index is 1.87. The van der Waals surface area contributed by atoms with Crippen molar-refractivity contribution in [2.45, 2.75) is 6.10 Å². The standard InChI is InChI=1S/C15H14FN3O2S/c1-21-14-4-10-12(5-11(14)16)18-8-19-15(10)17-6-13(20)9-2-3-22-7-9/h2-5,7-8,13,20H,6H2,1H3,(H,17,18,19). The highest BCUT2D eigenvalue weighted by Crippen LogP contribution is 2.27. The number of aliphatic hydroxyl groups is 1. The van der Waals surface area contributed by atoms with Gasteiger partial charge in [-0.15, -0.1) is 0 Å². The summed E-state index contributed by atoms with van der Waals surface area (Å²) in [6.07, 6.45) is 0.715. The van der Waals surface area contributed by atoms with Crippen LogP contribution in [-0.4, -0.2) is 28.7 Å². The molecular formula is C15H14FN3O2S. The number of benzene rings is 1. The van der Waals surface area contributed by atoms with Gasteiger partial charge in [0.15, 0.2) is 11.6 Å². The van der Waals surface area contributed by atoms with Gasteiger partial charge in [-0.3, -0.25) is 0 Å². The molecule has 1 atom stereocenters. The van der Waals surface area contributed by atoms with Gasteiger partial charge in [0, 0.05) is 18.0 Å². The van der Waals surface area contributed by atoms with Crippen LogP contribution in [0.1, 0.15) is 11.7 Å². The molecule has 22 heavy (non-hydrogen) atoms. The van der Waals surface area contributed by atoms with Gasteiger partial charge in [-0.05, 0) is 28.5 Å². The van der Waals surface area contributed by atoms with E-state index in [1.807, 2.05) is 16.8 Å². The monoisotopic (exact) mass is 319 g/mol. The number of ether oxygens (including phenoxy) is 1. The molecule has 1 unspecified atom stereocenters. The van der Waals surface area contributed by atoms with Gasteiger partial charge in [0.05, 0.1) is 18.7 Å². The highest BCUT2D eigenvalue weighted by atomic mass is 32.1. The van der Waals surface area contributed by atoms with Crippen molar-refractivity contribution < 1.29 is 14.2 Å². The molecular weight excluding hydrogens is 305 g/mol. The van der Waals surface area contributed by atoms with E-state index >= 15 is 0 Å². The van der Waals surface area contributed by atoms with Crippen molar-refractivity contribution in [2.75, 3.05) is 19.0 Å². The molecule has 0 amide bonds. The Kier molecular flexibility index (Phi) is 4.17. The highest BCUT2D eigenvalue weighted by Gasteiger charge is 2.12. The molecule has 2 heterocycles. The summed E-state index contributed by atoms with van der Waals surface area (Å²) in [6, 6.07) is 4.72. The van der Waals surface area contributed by atoms with E-state index in [9.17, 15) is 9.50 Å². The maximum Gasteiger partial charge on any atom is 0.167 e. The van der Waals surface area contributed by atoms with Gasteiger partial charge in [0.2, 0.25) is 0 Å². The number of thiophene rings is 1. The van der Waals surface area contributed by atoms with Crippen LogP contribution >= 0.6 is 11.3 Å². The quantitative estimate of drug-likeness (QED) is 0.757. The molecule has 2 N–H and O–H groups in total. The number of anilines is 1. The zero-order chi connectivity index (χ0) is 15.5. The first-order valence-corrected chi connectivity index (χ1v) is 7.55. The average Bonchev–Trinajstić information content (AvgIpc) is 3.06. The summed E-state index contributed by atoms with van der Waals surface area (Å²) in [4.78, 5) is 8.20. The fraction of sp³-hybridized carbons (Fsp3) is 0.200. The Hall–Kier alpha value is -2.25. The summed E-state index contributed by atoms with van der Waals surface area (Å²) in [6.45, 7) is 0.294. The lowest BCUT2D eigenvalue weighted by Crippen LogP contribution is -2.12. The first-order valence-electron chi connectivity index (χ1n) is 6.61. The molecule has 0 saturated heterocycles. The van der Waals surface area contributed by atoms with Gasteiger partial charge < -0.3 is 15.2 Å². The lowest BCUT2D eigenvalue weighted by molar-refractivity contribution is 0.192. The van der Waals surface area contributed by atoms with Crippen LogP contribution in [0.3, 0.4) is 0 Å². The number of nitrogens with zero attached hydrogens (tertiary/aromatic N) is 2. The zero-order valence-electron chi connectivity index (χ0n) is 11.8. The molecule has 3 rings (SSSR count). The van der Waals surface area contributed by atoms with Crippen molar-refractivity contribution in [3.63, 3.8) is 0 Å². The maximum absolute atomic E-state index is 13.7. The van der Waals surface area contributed by atoms with Crippen molar-refractivity contribution in [1.29, 1.82) is 0 Å². The number of aliphatic hydroxyl groups excluding tert-OH is 1. The molecule has 5 nitrogen and oxygen atoms in total.